The molecule has 3 heteroatoms. The van der Waals surface area contributed by atoms with E-state index in [-0.39, 0.29) is 12.1 Å². The predicted molar refractivity (Wildman–Crippen MR) is 122 cm³/mol. The van der Waals surface area contributed by atoms with Crippen molar-refractivity contribution in [3.05, 3.63) is 69.3 Å². The summed E-state index contributed by atoms with van der Waals surface area (Å²) < 4.78 is 0. The number of nitrogens with one attached hydrogen (secondary N) is 1. The van der Waals surface area contributed by atoms with E-state index in [2.05, 4.69) is 84.1 Å². The van der Waals surface area contributed by atoms with E-state index in [1.54, 1.807) is 0 Å². The Bertz CT molecular complexity index is 743. The molecule has 0 aliphatic rings. The Morgan fingerprint density at radius 3 is 1.61 bits per heavy atom. The Morgan fingerprint density at radius 2 is 1.18 bits per heavy atom. The smallest absolute Gasteiger partial charge is 0.0427 e. The third kappa shape index (κ3) is 5.22. The molecule has 2 unspecified atom stereocenters. The normalized spacial score (nSPS) is 14.0. The SMILES string of the molecule is Cc1cc(C(C)C)c(C(N)CNCC(N)c2c(C)cccc2C)c(C(C)C)c1. The molecular weight excluding hydrogens is 342 g/mol. The summed E-state index contributed by atoms with van der Waals surface area (Å²) in [6.07, 6.45) is 0. The van der Waals surface area contributed by atoms with E-state index in [1.807, 2.05) is 0 Å². The van der Waals surface area contributed by atoms with Gasteiger partial charge < -0.3 is 16.8 Å². The predicted octanol–water partition coefficient (Wildman–Crippen LogP) is 5.15. The van der Waals surface area contributed by atoms with E-state index >= 15 is 0 Å². The molecule has 2 aromatic rings. The summed E-state index contributed by atoms with van der Waals surface area (Å²) in [5, 5.41) is 3.53. The number of hydrogen-bond acceptors (Lipinski definition) is 3. The molecular formula is C25H39N3. The minimum absolute atomic E-state index is 0.0273. The molecule has 0 amide bonds. The topological polar surface area (TPSA) is 64.1 Å². The van der Waals surface area contributed by atoms with Crippen molar-refractivity contribution in [2.24, 2.45) is 11.5 Å². The molecule has 0 spiro atoms. The van der Waals surface area contributed by atoms with Crippen LogP contribution in [0.15, 0.2) is 30.3 Å². The average Bonchev–Trinajstić information content (AvgIpc) is 2.60. The van der Waals surface area contributed by atoms with E-state index in [4.69, 9.17) is 11.5 Å². The fraction of sp³-hybridized carbons (Fsp3) is 0.520. The maximum absolute atomic E-state index is 6.70. The van der Waals surface area contributed by atoms with Crippen LogP contribution in [-0.2, 0) is 0 Å². The molecule has 154 valence electrons. The van der Waals surface area contributed by atoms with Gasteiger partial charge in [0.1, 0.15) is 0 Å². The monoisotopic (exact) mass is 381 g/mol. The van der Waals surface area contributed by atoms with Gasteiger partial charge in [0.05, 0.1) is 0 Å². The van der Waals surface area contributed by atoms with Crippen molar-refractivity contribution in [1.29, 1.82) is 0 Å². The fourth-order valence-electron chi connectivity index (χ4n) is 4.25. The van der Waals surface area contributed by atoms with Crippen molar-refractivity contribution in [2.45, 2.75) is 72.4 Å². The van der Waals surface area contributed by atoms with Crippen LogP contribution in [0, 0.1) is 20.8 Å². The van der Waals surface area contributed by atoms with Crippen molar-refractivity contribution >= 4 is 0 Å². The number of rotatable bonds is 8. The highest BCUT2D eigenvalue weighted by atomic mass is 14.9. The Balaban J connectivity index is 2.16. The summed E-state index contributed by atoms with van der Waals surface area (Å²) in [6, 6.07) is 10.9. The van der Waals surface area contributed by atoms with Crippen LogP contribution in [0.4, 0.5) is 0 Å². The molecule has 2 aromatic carbocycles. The van der Waals surface area contributed by atoms with E-state index in [9.17, 15) is 0 Å². The first-order valence-electron chi connectivity index (χ1n) is 10.6. The van der Waals surface area contributed by atoms with E-state index in [0.29, 0.717) is 11.8 Å². The summed E-state index contributed by atoms with van der Waals surface area (Å²) >= 11 is 0. The molecule has 0 saturated carbocycles. The molecule has 28 heavy (non-hydrogen) atoms. The molecule has 0 heterocycles. The van der Waals surface area contributed by atoms with Crippen molar-refractivity contribution in [2.75, 3.05) is 13.1 Å². The quantitative estimate of drug-likeness (QED) is 0.592. The minimum atomic E-state index is -0.0411. The second-order valence-corrected chi connectivity index (χ2v) is 8.84. The van der Waals surface area contributed by atoms with Crippen LogP contribution in [0.2, 0.25) is 0 Å². The lowest BCUT2D eigenvalue weighted by Gasteiger charge is -2.26. The van der Waals surface area contributed by atoms with Crippen LogP contribution < -0.4 is 16.8 Å². The molecule has 0 radical (unpaired) electrons. The zero-order valence-electron chi connectivity index (χ0n) is 18.8. The summed E-state index contributed by atoms with van der Waals surface area (Å²) in [6.45, 7) is 16.9. The van der Waals surface area contributed by atoms with Gasteiger partial charge in [-0.15, -0.1) is 0 Å². The molecule has 0 bridgehead atoms. The Morgan fingerprint density at radius 1 is 0.750 bits per heavy atom. The van der Waals surface area contributed by atoms with Gasteiger partial charge in [0.15, 0.2) is 0 Å². The van der Waals surface area contributed by atoms with Crippen LogP contribution in [0.3, 0.4) is 0 Å². The lowest BCUT2D eigenvalue weighted by Crippen LogP contribution is -2.34. The van der Waals surface area contributed by atoms with Gasteiger partial charge in [0.25, 0.3) is 0 Å². The van der Waals surface area contributed by atoms with Crippen molar-refractivity contribution in [3.8, 4) is 0 Å². The standard InChI is InChI=1S/C25H39N3/c1-15(2)20-11-17(5)12-21(16(3)4)25(20)23(27)14-28-13-22(26)24-18(6)9-8-10-19(24)7/h8-12,15-16,22-23,28H,13-14,26-27H2,1-7H3. The highest BCUT2D eigenvalue weighted by Gasteiger charge is 2.20. The van der Waals surface area contributed by atoms with Gasteiger partial charge in [-0.2, -0.15) is 0 Å². The van der Waals surface area contributed by atoms with Crippen LogP contribution in [0.25, 0.3) is 0 Å². The molecule has 0 saturated heterocycles. The lowest BCUT2D eigenvalue weighted by atomic mass is 9.83. The Kier molecular flexibility index (Phi) is 7.82. The van der Waals surface area contributed by atoms with Crippen LogP contribution in [-0.4, -0.2) is 13.1 Å². The highest BCUT2D eigenvalue weighted by Crippen LogP contribution is 2.32. The van der Waals surface area contributed by atoms with Crippen molar-refractivity contribution in [3.63, 3.8) is 0 Å². The van der Waals surface area contributed by atoms with E-state index in [0.717, 1.165) is 13.1 Å². The highest BCUT2D eigenvalue weighted by molar-refractivity contribution is 5.44. The Labute approximate surface area is 171 Å². The zero-order valence-corrected chi connectivity index (χ0v) is 18.8. The maximum Gasteiger partial charge on any atom is 0.0427 e. The van der Waals surface area contributed by atoms with Gasteiger partial charge in [-0.05, 0) is 66.0 Å². The molecule has 0 aliphatic heterocycles. The van der Waals surface area contributed by atoms with Crippen LogP contribution in [0.1, 0.15) is 90.6 Å². The van der Waals surface area contributed by atoms with Crippen molar-refractivity contribution < 1.29 is 0 Å². The van der Waals surface area contributed by atoms with Gasteiger partial charge in [0.2, 0.25) is 0 Å². The molecule has 2 rings (SSSR count). The number of benzene rings is 2. The fourth-order valence-corrected chi connectivity index (χ4v) is 4.25. The first kappa shape index (κ1) is 22.6. The summed E-state index contributed by atoms with van der Waals surface area (Å²) in [5.41, 5.74) is 22.3. The number of aryl methyl sites for hydroxylation is 3. The third-order valence-electron chi connectivity index (χ3n) is 5.64. The van der Waals surface area contributed by atoms with E-state index in [1.165, 1.54) is 38.9 Å². The summed E-state index contributed by atoms with van der Waals surface area (Å²) in [7, 11) is 0. The minimum Gasteiger partial charge on any atom is -0.323 e. The van der Waals surface area contributed by atoms with Crippen LogP contribution >= 0.6 is 0 Å². The zero-order chi connectivity index (χ0) is 21.0. The summed E-state index contributed by atoms with van der Waals surface area (Å²) in [4.78, 5) is 0. The van der Waals surface area contributed by atoms with Crippen molar-refractivity contribution in [1.82, 2.24) is 5.32 Å². The number of nitrogens with two attached hydrogens (primary N) is 2. The van der Waals surface area contributed by atoms with Gasteiger partial charge >= 0.3 is 0 Å². The maximum atomic E-state index is 6.70. The Hall–Kier alpha value is -1.68. The largest absolute Gasteiger partial charge is 0.323 e. The molecule has 0 aliphatic carbocycles. The van der Waals surface area contributed by atoms with Gasteiger partial charge in [-0.25, -0.2) is 0 Å². The molecule has 2 atom stereocenters. The molecule has 0 fully saturated rings. The van der Waals surface area contributed by atoms with Gasteiger partial charge in [-0.1, -0.05) is 63.6 Å². The molecule has 5 N–H and O–H groups in total. The lowest BCUT2D eigenvalue weighted by molar-refractivity contribution is 0.543. The molecule has 3 nitrogen and oxygen atoms in total. The second kappa shape index (κ2) is 9.69. The van der Waals surface area contributed by atoms with E-state index < -0.39 is 0 Å². The van der Waals surface area contributed by atoms with Gasteiger partial charge in [-0.3, -0.25) is 0 Å². The average molecular weight is 382 g/mol. The first-order valence-corrected chi connectivity index (χ1v) is 10.6. The summed E-state index contributed by atoms with van der Waals surface area (Å²) in [5.74, 6) is 0.908. The third-order valence-corrected chi connectivity index (χ3v) is 5.64. The second-order valence-electron chi connectivity index (χ2n) is 8.84. The van der Waals surface area contributed by atoms with Gasteiger partial charge in [0, 0.05) is 25.2 Å². The number of hydrogen-bond donors (Lipinski definition) is 3. The first-order chi connectivity index (χ1) is 13.1. The van der Waals surface area contributed by atoms with Crippen LogP contribution in [0.5, 0.6) is 0 Å². The molecule has 0 aromatic heterocycles.